The van der Waals surface area contributed by atoms with E-state index < -0.39 is 11.9 Å². The number of carbonyl (C=O) groups is 1. The van der Waals surface area contributed by atoms with Gasteiger partial charge >= 0.3 is 0 Å². The number of amides is 1. The van der Waals surface area contributed by atoms with E-state index in [0.29, 0.717) is 18.8 Å². The minimum absolute atomic E-state index is 0.00551. The Morgan fingerprint density at radius 1 is 1.59 bits per heavy atom. The van der Waals surface area contributed by atoms with E-state index in [1.54, 1.807) is 24.0 Å². The van der Waals surface area contributed by atoms with Crippen molar-refractivity contribution in [3.63, 3.8) is 0 Å². The molecule has 2 rings (SSSR count). The predicted octanol–water partition coefficient (Wildman–Crippen LogP) is 1.02. The molecule has 1 atom stereocenters. The molecule has 0 aromatic heterocycles. The van der Waals surface area contributed by atoms with Gasteiger partial charge in [0.2, 0.25) is 5.91 Å². The maximum Gasteiger partial charge on any atom is 0.242 e. The first-order valence-electron chi connectivity index (χ1n) is 5.38. The van der Waals surface area contributed by atoms with Crippen LogP contribution in [0, 0.1) is 17.1 Å². The molecule has 4 nitrogen and oxygen atoms in total. The summed E-state index contributed by atoms with van der Waals surface area (Å²) in [6, 6.07) is 5.91. The van der Waals surface area contributed by atoms with Crippen molar-refractivity contribution >= 4 is 11.6 Å². The number of hydrogen-bond acceptors (Lipinski definition) is 3. The van der Waals surface area contributed by atoms with Crippen LogP contribution in [0.5, 0.6) is 0 Å². The van der Waals surface area contributed by atoms with Crippen LogP contribution in [0.4, 0.5) is 10.1 Å². The van der Waals surface area contributed by atoms with Crippen LogP contribution in [-0.2, 0) is 4.79 Å². The van der Waals surface area contributed by atoms with Gasteiger partial charge in [0.15, 0.2) is 0 Å². The lowest BCUT2D eigenvalue weighted by atomic mass is 10.1. The second-order valence-electron chi connectivity index (χ2n) is 3.91. The van der Waals surface area contributed by atoms with Crippen molar-refractivity contribution in [3.05, 3.63) is 29.6 Å². The number of benzene rings is 1. The van der Waals surface area contributed by atoms with Gasteiger partial charge in [0.25, 0.3) is 0 Å². The first-order valence-corrected chi connectivity index (χ1v) is 5.38. The van der Waals surface area contributed by atoms with Gasteiger partial charge in [-0.2, -0.15) is 5.26 Å². The molecule has 1 fully saturated rings. The molecule has 0 spiro atoms. The molecule has 1 unspecified atom stereocenters. The molecule has 88 valence electrons. The molecule has 1 amide bonds. The summed E-state index contributed by atoms with van der Waals surface area (Å²) < 4.78 is 13.5. The van der Waals surface area contributed by atoms with E-state index in [-0.39, 0.29) is 11.5 Å². The number of anilines is 1. The fraction of sp³-hybridized carbons (Fsp3) is 0.333. The molecule has 1 heterocycles. The third-order valence-electron chi connectivity index (χ3n) is 2.91. The molecule has 0 bridgehead atoms. The van der Waals surface area contributed by atoms with Crippen LogP contribution in [0.15, 0.2) is 18.2 Å². The zero-order chi connectivity index (χ0) is 12.4. The average molecular weight is 233 g/mol. The van der Waals surface area contributed by atoms with Gasteiger partial charge in [-0.1, -0.05) is 6.07 Å². The summed E-state index contributed by atoms with van der Waals surface area (Å²) in [4.78, 5) is 13.3. The summed E-state index contributed by atoms with van der Waals surface area (Å²) in [6.45, 7) is 2.82. The Balaban J connectivity index is 2.43. The van der Waals surface area contributed by atoms with Crippen LogP contribution >= 0.6 is 0 Å². The van der Waals surface area contributed by atoms with E-state index in [9.17, 15) is 9.18 Å². The summed E-state index contributed by atoms with van der Waals surface area (Å²) in [5, 5.41) is 11.7. The number of piperazine rings is 1. The van der Waals surface area contributed by atoms with Gasteiger partial charge in [0.05, 0.1) is 5.69 Å². The molecule has 1 N–H and O–H groups in total. The monoisotopic (exact) mass is 233 g/mol. The zero-order valence-corrected chi connectivity index (χ0v) is 9.40. The molecule has 1 saturated heterocycles. The van der Waals surface area contributed by atoms with E-state index in [1.807, 2.05) is 6.07 Å². The lowest BCUT2D eigenvalue weighted by molar-refractivity contribution is -0.122. The highest BCUT2D eigenvalue weighted by Gasteiger charge is 2.27. The summed E-state index contributed by atoms with van der Waals surface area (Å²) >= 11 is 0. The van der Waals surface area contributed by atoms with Crippen molar-refractivity contribution in [2.75, 3.05) is 18.0 Å². The SMILES string of the molecule is CC1C(=O)NCCN1c1cccc(F)c1C#N. The maximum absolute atomic E-state index is 13.5. The van der Waals surface area contributed by atoms with Crippen LogP contribution in [-0.4, -0.2) is 25.0 Å². The number of nitrogens with one attached hydrogen (secondary N) is 1. The first kappa shape index (κ1) is 11.4. The average Bonchev–Trinajstić information content (AvgIpc) is 2.32. The molecule has 17 heavy (non-hydrogen) atoms. The van der Waals surface area contributed by atoms with Crippen molar-refractivity contribution in [1.82, 2.24) is 5.32 Å². The number of hydrogen-bond donors (Lipinski definition) is 1. The molecule has 1 aliphatic rings. The Labute approximate surface area is 98.6 Å². The molecule has 5 heteroatoms. The molecule has 0 aliphatic carbocycles. The molecular formula is C12H12FN3O. The van der Waals surface area contributed by atoms with Crippen LogP contribution in [0.1, 0.15) is 12.5 Å². The quantitative estimate of drug-likeness (QED) is 0.788. The zero-order valence-electron chi connectivity index (χ0n) is 9.40. The van der Waals surface area contributed by atoms with Gasteiger partial charge in [0, 0.05) is 13.1 Å². The lowest BCUT2D eigenvalue weighted by Crippen LogP contribution is -2.54. The van der Waals surface area contributed by atoms with Crippen LogP contribution in [0.2, 0.25) is 0 Å². The van der Waals surface area contributed by atoms with Crippen molar-refractivity contribution in [3.8, 4) is 6.07 Å². The minimum Gasteiger partial charge on any atom is -0.357 e. The lowest BCUT2D eigenvalue weighted by Gasteiger charge is -2.35. The largest absolute Gasteiger partial charge is 0.357 e. The summed E-state index contributed by atoms with van der Waals surface area (Å²) in [7, 11) is 0. The Bertz CT molecular complexity index is 495. The highest BCUT2D eigenvalue weighted by atomic mass is 19.1. The topological polar surface area (TPSA) is 56.1 Å². The highest BCUT2D eigenvalue weighted by molar-refractivity contribution is 5.86. The van der Waals surface area contributed by atoms with E-state index in [4.69, 9.17) is 5.26 Å². The fourth-order valence-electron chi connectivity index (χ4n) is 1.97. The number of rotatable bonds is 1. The van der Waals surface area contributed by atoms with Gasteiger partial charge in [-0.3, -0.25) is 4.79 Å². The highest BCUT2D eigenvalue weighted by Crippen LogP contribution is 2.25. The van der Waals surface area contributed by atoms with Gasteiger partial charge < -0.3 is 10.2 Å². The van der Waals surface area contributed by atoms with E-state index in [2.05, 4.69) is 5.32 Å². The molecular weight excluding hydrogens is 221 g/mol. The molecule has 1 aromatic carbocycles. The molecule has 1 aliphatic heterocycles. The van der Waals surface area contributed by atoms with Crippen molar-refractivity contribution < 1.29 is 9.18 Å². The number of nitriles is 1. The smallest absolute Gasteiger partial charge is 0.242 e. The molecule has 1 aromatic rings. The van der Waals surface area contributed by atoms with Crippen LogP contribution in [0.3, 0.4) is 0 Å². The fourth-order valence-corrected chi connectivity index (χ4v) is 1.97. The summed E-state index contributed by atoms with van der Waals surface area (Å²) in [6.07, 6.45) is 0. The van der Waals surface area contributed by atoms with E-state index >= 15 is 0 Å². The Kier molecular flexibility index (Phi) is 2.96. The van der Waals surface area contributed by atoms with Crippen molar-refractivity contribution in [2.45, 2.75) is 13.0 Å². The Morgan fingerprint density at radius 3 is 3.06 bits per heavy atom. The number of halogens is 1. The second-order valence-corrected chi connectivity index (χ2v) is 3.91. The third kappa shape index (κ3) is 1.94. The molecule has 0 saturated carbocycles. The van der Waals surface area contributed by atoms with Gasteiger partial charge in [-0.15, -0.1) is 0 Å². The minimum atomic E-state index is -0.553. The summed E-state index contributed by atoms with van der Waals surface area (Å²) in [5.41, 5.74) is 0.476. The second kappa shape index (κ2) is 4.42. The standard InChI is InChI=1S/C12H12FN3O/c1-8-12(17)15-5-6-16(8)11-4-2-3-10(13)9(11)7-14/h2-4,8H,5-6H2,1H3,(H,15,17). The first-order chi connectivity index (χ1) is 8.15. The van der Waals surface area contributed by atoms with E-state index in [1.165, 1.54) is 6.07 Å². The maximum atomic E-state index is 13.5. The predicted molar refractivity (Wildman–Crippen MR) is 60.9 cm³/mol. The Hall–Kier alpha value is -2.09. The number of carbonyl (C=O) groups excluding carboxylic acids is 1. The molecule has 0 radical (unpaired) electrons. The van der Waals surface area contributed by atoms with Gasteiger partial charge in [0.1, 0.15) is 23.5 Å². The van der Waals surface area contributed by atoms with Crippen LogP contribution in [0.25, 0.3) is 0 Å². The van der Waals surface area contributed by atoms with Gasteiger partial charge in [-0.25, -0.2) is 4.39 Å². The Morgan fingerprint density at radius 2 is 2.35 bits per heavy atom. The van der Waals surface area contributed by atoms with Crippen molar-refractivity contribution in [2.24, 2.45) is 0 Å². The van der Waals surface area contributed by atoms with Gasteiger partial charge in [-0.05, 0) is 19.1 Å². The third-order valence-corrected chi connectivity index (χ3v) is 2.91. The normalized spacial score (nSPS) is 19.7. The summed E-state index contributed by atoms with van der Waals surface area (Å²) in [5.74, 6) is -0.660. The number of nitrogens with zero attached hydrogens (tertiary/aromatic N) is 2. The van der Waals surface area contributed by atoms with Crippen molar-refractivity contribution in [1.29, 1.82) is 5.26 Å². The van der Waals surface area contributed by atoms with Crippen LogP contribution < -0.4 is 10.2 Å². The van der Waals surface area contributed by atoms with E-state index in [0.717, 1.165) is 0 Å².